The molecule has 4 nitrogen and oxygen atoms in total. The molecule has 0 spiro atoms. The summed E-state index contributed by atoms with van der Waals surface area (Å²) in [6, 6.07) is 59.1. The van der Waals surface area contributed by atoms with Crippen molar-refractivity contribution in [1.82, 2.24) is 19.9 Å². The first-order valence-electron chi connectivity index (χ1n) is 16.8. The largest absolute Gasteiger partial charge is 0.248 e. The summed E-state index contributed by atoms with van der Waals surface area (Å²) in [4.78, 5) is 20.1. The Hall–Kier alpha value is -6.78. The van der Waals surface area contributed by atoms with Crippen LogP contribution >= 0.6 is 0 Å². The van der Waals surface area contributed by atoms with Crippen molar-refractivity contribution in [2.24, 2.45) is 0 Å². The Morgan fingerprint density at radius 1 is 0.240 bits per heavy atom. The van der Waals surface area contributed by atoms with E-state index in [2.05, 4.69) is 140 Å². The Kier molecular flexibility index (Phi) is 6.46. The molecule has 10 aromatic rings. The molecule has 0 unspecified atom stereocenters. The van der Waals surface area contributed by atoms with Crippen LogP contribution in [-0.2, 0) is 0 Å². The molecule has 3 heterocycles. The van der Waals surface area contributed by atoms with Gasteiger partial charge in [0.2, 0.25) is 0 Å². The van der Waals surface area contributed by atoms with Crippen LogP contribution in [-0.4, -0.2) is 19.9 Å². The topological polar surface area (TPSA) is 51.6 Å². The van der Waals surface area contributed by atoms with E-state index in [0.717, 1.165) is 82.5 Å². The van der Waals surface area contributed by atoms with E-state index in [-0.39, 0.29) is 0 Å². The van der Waals surface area contributed by atoms with Crippen molar-refractivity contribution in [3.05, 3.63) is 170 Å². The first-order valence-corrected chi connectivity index (χ1v) is 16.8. The van der Waals surface area contributed by atoms with Crippen molar-refractivity contribution in [2.75, 3.05) is 0 Å². The van der Waals surface area contributed by atoms with Crippen LogP contribution in [0.4, 0.5) is 0 Å². The van der Waals surface area contributed by atoms with Crippen LogP contribution in [0.1, 0.15) is 0 Å². The number of aromatic nitrogens is 4. The molecule has 0 N–H and O–H groups in total. The van der Waals surface area contributed by atoms with Gasteiger partial charge in [0.05, 0.1) is 33.3 Å². The van der Waals surface area contributed by atoms with E-state index in [1.807, 2.05) is 30.3 Å². The van der Waals surface area contributed by atoms with E-state index in [1.54, 1.807) is 0 Å². The molecule has 232 valence electrons. The number of pyridine rings is 2. The lowest BCUT2D eigenvalue weighted by Crippen LogP contribution is -1.95. The van der Waals surface area contributed by atoms with Crippen molar-refractivity contribution >= 4 is 54.5 Å². The average molecular weight is 637 g/mol. The van der Waals surface area contributed by atoms with Gasteiger partial charge < -0.3 is 0 Å². The second kappa shape index (κ2) is 11.4. The zero-order valence-corrected chi connectivity index (χ0v) is 27.0. The quantitative estimate of drug-likeness (QED) is 0.180. The Bertz CT molecular complexity index is 2800. The normalized spacial score (nSPS) is 11.6. The second-order valence-corrected chi connectivity index (χ2v) is 12.6. The van der Waals surface area contributed by atoms with Crippen molar-refractivity contribution in [3.63, 3.8) is 0 Å². The second-order valence-electron chi connectivity index (χ2n) is 12.6. The maximum atomic E-state index is 5.21. The highest BCUT2D eigenvalue weighted by Crippen LogP contribution is 2.38. The fourth-order valence-electron chi connectivity index (χ4n) is 7.31. The molecule has 4 heteroatoms. The zero-order valence-electron chi connectivity index (χ0n) is 27.0. The fourth-order valence-corrected chi connectivity index (χ4v) is 7.31. The minimum absolute atomic E-state index is 0.699. The molecule has 0 aliphatic carbocycles. The molecule has 50 heavy (non-hydrogen) atoms. The Morgan fingerprint density at radius 2 is 0.560 bits per heavy atom. The minimum Gasteiger partial charge on any atom is -0.248 e. The predicted octanol–water partition coefficient (Wildman–Crippen LogP) is 11.7. The van der Waals surface area contributed by atoms with Gasteiger partial charge >= 0.3 is 0 Å². The molecule has 0 aliphatic rings. The molecule has 0 radical (unpaired) electrons. The van der Waals surface area contributed by atoms with E-state index < -0.39 is 0 Å². The highest BCUT2D eigenvalue weighted by molar-refractivity contribution is 6.11. The van der Waals surface area contributed by atoms with Crippen molar-refractivity contribution in [3.8, 4) is 44.9 Å². The van der Waals surface area contributed by atoms with Crippen LogP contribution in [0, 0.1) is 0 Å². The standard InChI is InChI=1S/C46H28N4/c1-6-16-38-33(11-1)43(34-12-2-7-17-39(34)47-38)29-21-25-31(26-22-29)45-37-15-5-10-20-42(37)49-46(50-45)32-27-23-30(24-28-32)44-35-13-3-8-18-40(35)48-41-19-9-4-14-36(41)44/h1-28H. The van der Waals surface area contributed by atoms with Crippen molar-refractivity contribution in [1.29, 1.82) is 0 Å². The van der Waals surface area contributed by atoms with Gasteiger partial charge in [-0.25, -0.2) is 19.9 Å². The molecule has 0 atom stereocenters. The molecule has 0 bridgehead atoms. The number of rotatable bonds is 4. The summed E-state index contributed by atoms with van der Waals surface area (Å²) in [7, 11) is 0. The lowest BCUT2D eigenvalue weighted by Gasteiger charge is -2.13. The van der Waals surface area contributed by atoms with E-state index in [9.17, 15) is 0 Å². The number of benzene rings is 7. The van der Waals surface area contributed by atoms with Crippen molar-refractivity contribution < 1.29 is 0 Å². The molecular formula is C46H28N4. The summed E-state index contributed by atoms with van der Waals surface area (Å²) in [5, 5.41) is 5.59. The van der Waals surface area contributed by atoms with Gasteiger partial charge in [0.15, 0.2) is 5.82 Å². The molecule has 0 amide bonds. The van der Waals surface area contributed by atoms with Crippen LogP contribution in [0.2, 0.25) is 0 Å². The van der Waals surface area contributed by atoms with Crippen LogP contribution < -0.4 is 0 Å². The number of para-hydroxylation sites is 5. The summed E-state index contributed by atoms with van der Waals surface area (Å²) in [5.41, 5.74) is 12.5. The van der Waals surface area contributed by atoms with Gasteiger partial charge in [0.1, 0.15) is 0 Å². The maximum absolute atomic E-state index is 5.21. The van der Waals surface area contributed by atoms with Crippen LogP contribution in [0.15, 0.2) is 170 Å². The fraction of sp³-hybridized carbons (Fsp3) is 0. The van der Waals surface area contributed by atoms with Gasteiger partial charge in [0, 0.05) is 49.2 Å². The van der Waals surface area contributed by atoms with Crippen LogP contribution in [0.5, 0.6) is 0 Å². The minimum atomic E-state index is 0.699. The summed E-state index contributed by atoms with van der Waals surface area (Å²) in [6.07, 6.45) is 0. The molecule has 0 fully saturated rings. The van der Waals surface area contributed by atoms with E-state index in [0.29, 0.717) is 5.82 Å². The number of fused-ring (bicyclic) bond motifs is 5. The Labute approximate surface area is 288 Å². The zero-order chi connectivity index (χ0) is 33.0. The van der Waals surface area contributed by atoms with Gasteiger partial charge in [-0.15, -0.1) is 0 Å². The average Bonchev–Trinajstić information content (AvgIpc) is 3.19. The highest BCUT2D eigenvalue weighted by Gasteiger charge is 2.16. The molecule has 0 saturated carbocycles. The molecule has 3 aromatic heterocycles. The van der Waals surface area contributed by atoms with Gasteiger partial charge in [-0.3, -0.25) is 0 Å². The van der Waals surface area contributed by atoms with Crippen LogP contribution in [0.25, 0.3) is 99.4 Å². The molecule has 7 aromatic carbocycles. The van der Waals surface area contributed by atoms with Crippen molar-refractivity contribution in [2.45, 2.75) is 0 Å². The molecular weight excluding hydrogens is 609 g/mol. The molecule has 10 rings (SSSR count). The molecule has 0 saturated heterocycles. The summed E-state index contributed by atoms with van der Waals surface area (Å²) in [5.74, 6) is 0.699. The SMILES string of the molecule is c1ccc2c(-c3ccc(-c4c5ccccc5nc5ccccc45)cc3)nc(-c3ccc(-c4c5ccccc5nc5ccccc45)cc3)nc2c1. The van der Waals surface area contributed by atoms with Gasteiger partial charge in [-0.1, -0.05) is 140 Å². The first-order chi connectivity index (χ1) is 24.8. The Balaban J connectivity index is 1.08. The van der Waals surface area contributed by atoms with E-state index in [1.165, 1.54) is 11.1 Å². The summed E-state index contributed by atoms with van der Waals surface area (Å²) in [6.45, 7) is 0. The van der Waals surface area contributed by atoms with E-state index >= 15 is 0 Å². The highest BCUT2D eigenvalue weighted by atomic mass is 14.9. The van der Waals surface area contributed by atoms with Gasteiger partial charge in [-0.05, 0) is 41.5 Å². The number of nitrogens with zero attached hydrogens (tertiary/aromatic N) is 4. The maximum Gasteiger partial charge on any atom is 0.160 e. The smallest absolute Gasteiger partial charge is 0.160 e. The predicted molar refractivity (Wildman–Crippen MR) is 207 cm³/mol. The third-order valence-electron chi connectivity index (χ3n) is 9.66. The summed E-state index contributed by atoms with van der Waals surface area (Å²) < 4.78 is 0. The monoisotopic (exact) mass is 636 g/mol. The lowest BCUT2D eigenvalue weighted by atomic mass is 9.94. The lowest BCUT2D eigenvalue weighted by molar-refractivity contribution is 1.23. The van der Waals surface area contributed by atoms with Crippen LogP contribution in [0.3, 0.4) is 0 Å². The number of hydrogen-bond donors (Lipinski definition) is 0. The van der Waals surface area contributed by atoms with Gasteiger partial charge in [-0.2, -0.15) is 0 Å². The third-order valence-corrected chi connectivity index (χ3v) is 9.66. The number of hydrogen-bond acceptors (Lipinski definition) is 4. The molecule has 0 aliphatic heterocycles. The third kappa shape index (κ3) is 4.61. The van der Waals surface area contributed by atoms with E-state index in [4.69, 9.17) is 19.9 Å². The first kappa shape index (κ1) is 28.3. The Morgan fingerprint density at radius 3 is 0.980 bits per heavy atom. The van der Waals surface area contributed by atoms with Gasteiger partial charge in [0.25, 0.3) is 0 Å². The summed E-state index contributed by atoms with van der Waals surface area (Å²) >= 11 is 0.